The van der Waals surface area contributed by atoms with Gasteiger partial charge in [-0.3, -0.25) is 9.59 Å². The number of aromatic nitrogens is 3. The Morgan fingerprint density at radius 2 is 1.94 bits per heavy atom. The second-order valence-corrected chi connectivity index (χ2v) is 7.64. The van der Waals surface area contributed by atoms with Gasteiger partial charge in [0, 0.05) is 47.8 Å². The smallest absolute Gasteiger partial charge is 0.300 e. The van der Waals surface area contributed by atoms with Gasteiger partial charge in [0.25, 0.3) is 11.5 Å². The lowest BCUT2D eigenvalue weighted by Gasteiger charge is -2.10. The molecule has 9 nitrogen and oxygen atoms in total. The van der Waals surface area contributed by atoms with Crippen LogP contribution in [0.1, 0.15) is 26.0 Å². The predicted molar refractivity (Wildman–Crippen MR) is 126 cm³/mol. The number of nitrogens with one attached hydrogen (secondary N) is 1. The molecule has 0 radical (unpaired) electrons. The highest BCUT2D eigenvalue weighted by Gasteiger charge is 2.22. The lowest BCUT2D eigenvalue weighted by Crippen LogP contribution is -2.13. The molecule has 0 spiro atoms. The van der Waals surface area contributed by atoms with Crippen molar-refractivity contribution in [1.29, 1.82) is 0 Å². The van der Waals surface area contributed by atoms with E-state index in [4.69, 9.17) is 30.1 Å². The molecule has 0 bridgehead atoms. The van der Waals surface area contributed by atoms with Crippen LogP contribution in [0, 0.1) is 0 Å². The second kappa shape index (κ2) is 9.33. The number of para-hydroxylation sites is 1. The zero-order valence-corrected chi connectivity index (χ0v) is 18.6. The number of hydrogen-bond acceptors (Lipinski definition) is 6. The number of aliphatic carboxylic acids is 1. The lowest BCUT2D eigenvalue weighted by atomic mass is 10.1. The molecule has 4 aromatic rings. The predicted octanol–water partition coefficient (Wildman–Crippen LogP) is 3.28. The highest BCUT2D eigenvalue weighted by Crippen LogP contribution is 2.37. The van der Waals surface area contributed by atoms with E-state index >= 15 is 0 Å². The van der Waals surface area contributed by atoms with Crippen LogP contribution < -0.4 is 20.8 Å². The van der Waals surface area contributed by atoms with Gasteiger partial charge in [-0.2, -0.15) is 0 Å². The molecule has 172 valence electrons. The molecule has 0 amide bonds. The summed E-state index contributed by atoms with van der Waals surface area (Å²) in [5.74, 6) is 0.430. The van der Waals surface area contributed by atoms with Crippen LogP contribution in [0.25, 0.3) is 33.2 Å². The highest BCUT2D eigenvalue weighted by atomic mass is 16.7. The van der Waals surface area contributed by atoms with Crippen molar-refractivity contribution in [3.63, 3.8) is 0 Å². The number of ether oxygens (including phenoxy) is 2. The summed E-state index contributed by atoms with van der Waals surface area (Å²) in [4.78, 5) is 29.8. The molecule has 9 heteroatoms. The van der Waals surface area contributed by atoms with Crippen LogP contribution in [0.5, 0.6) is 11.5 Å². The minimum absolute atomic E-state index is 0.178. The van der Waals surface area contributed by atoms with E-state index in [2.05, 4.69) is 22.5 Å². The third-order valence-electron chi connectivity index (χ3n) is 5.42. The molecule has 1 aliphatic heterocycles. The summed E-state index contributed by atoms with van der Waals surface area (Å²) >= 11 is 0. The molecule has 5 rings (SSSR count). The number of carboxylic acid groups (broad SMARTS) is 1. The molecule has 0 saturated heterocycles. The van der Waals surface area contributed by atoms with Gasteiger partial charge in [-0.05, 0) is 25.5 Å². The monoisotopic (exact) mass is 450 g/mol. The Morgan fingerprint density at radius 3 is 2.64 bits per heavy atom. The number of aryl methyl sites for hydroxylation is 1. The van der Waals surface area contributed by atoms with Gasteiger partial charge in [-0.25, -0.2) is 4.98 Å². The molecule has 1 aliphatic rings. The van der Waals surface area contributed by atoms with Crippen molar-refractivity contribution in [3.8, 4) is 22.8 Å². The van der Waals surface area contributed by atoms with E-state index in [1.807, 2.05) is 24.3 Å². The summed E-state index contributed by atoms with van der Waals surface area (Å²) in [5, 5.41) is 8.44. The average Bonchev–Trinajstić information content (AvgIpc) is 3.36. The first-order valence-electron chi connectivity index (χ1n) is 10.8. The largest absolute Gasteiger partial charge is 0.481 e. The average molecular weight is 450 g/mol. The fourth-order valence-corrected chi connectivity index (χ4v) is 4.14. The van der Waals surface area contributed by atoms with E-state index in [0.29, 0.717) is 34.8 Å². The first-order valence-corrected chi connectivity index (χ1v) is 10.8. The maximum atomic E-state index is 13.0. The number of fused-ring (bicyclic) bond motifs is 3. The van der Waals surface area contributed by atoms with Crippen molar-refractivity contribution in [3.05, 3.63) is 52.4 Å². The number of nitrogens with zero attached hydrogens (tertiary/aromatic N) is 2. The van der Waals surface area contributed by atoms with Crippen molar-refractivity contribution in [2.75, 3.05) is 13.3 Å². The van der Waals surface area contributed by atoms with E-state index in [1.54, 1.807) is 6.07 Å². The van der Waals surface area contributed by atoms with Gasteiger partial charge in [0.1, 0.15) is 5.69 Å². The molecule has 33 heavy (non-hydrogen) atoms. The number of carbonyl (C=O) groups is 1. The van der Waals surface area contributed by atoms with Gasteiger partial charge in [0.2, 0.25) is 6.79 Å². The quantitative estimate of drug-likeness (QED) is 0.425. The maximum absolute atomic E-state index is 13.0. The molecule has 0 fully saturated rings. The van der Waals surface area contributed by atoms with Crippen molar-refractivity contribution in [1.82, 2.24) is 14.5 Å². The number of aromatic amines is 1. The molecule has 3 heterocycles. The first kappa shape index (κ1) is 22.3. The van der Waals surface area contributed by atoms with Gasteiger partial charge >= 0.3 is 0 Å². The van der Waals surface area contributed by atoms with Gasteiger partial charge in [0.05, 0.1) is 11.0 Å². The van der Waals surface area contributed by atoms with Crippen molar-refractivity contribution < 1.29 is 19.4 Å². The topological polar surface area (TPSA) is 132 Å². The molecule has 4 N–H and O–H groups in total. The van der Waals surface area contributed by atoms with Crippen LogP contribution in [0.4, 0.5) is 0 Å². The fraction of sp³-hybridized carbons (Fsp3) is 0.292. The Labute approximate surface area is 189 Å². The van der Waals surface area contributed by atoms with E-state index in [1.165, 1.54) is 0 Å². The van der Waals surface area contributed by atoms with E-state index in [9.17, 15) is 4.79 Å². The minimum atomic E-state index is -0.833. The normalized spacial score (nSPS) is 12.1. The molecule has 2 aromatic carbocycles. The zero-order valence-electron chi connectivity index (χ0n) is 18.6. The SMILES string of the molecule is CC(=O)O.CCc1c(-c2nc3cc4c(cc3[nH]c2=O)OCO4)c2ccccc2n1CCCN. The highest BCUT2D eigenvalue weighted by molar-refractivity contribution is 5.98. The third-order valence-corrected chi connectivity index (χ3v) is 5.42. The second-order valence-electron chi connectivity index (χ2n) is 7.64. The number of H-pyrrole nitrogens is 1. The third kappa shape index (κ3) is 4.27. The van der Waals surface area contributed by atoms with Crippen molar-refractivity contribution >= 4 is 27.9 Å². The van der Waals surface area contributed by atoms with Crippen LogP contribution in [0.3, 0.4) is 0 Å². The Bertz CT molecular complexity index is 1390. The van der Waals surface area contributed by atoms with Crippen LogP contribution in [-0.2, 0) is 17.8 Å². The summed E-state index contributed by atoms with van der Waals surface area (Å²) in [6.45, 7) is 4.79. The molecule has 0 unspecified atom stereocenters. The molecule has 0 atom stereocenters. The van der Waals surface area contributed by atoms with E-state index in [0.717, 1.165) is 48.5 Å². The Balaban J connectivity index is 0.000000601. The van der Waals surface area contributed by atoms with Gasteiger partial charge in [-0.1, -0.05) is 25.1 Å². The molecule has 0 saturated carbocycles. The summed E-state index contributed by atoms with van der Waals surface area (Å²) in [7, 11) is 0. The number of hydrogen-bond donors (Lipinski definition) is 3. The summed E-state index contributed by atoms with van der Waals surface area (Å²) in [5.41, 5.74) is 10.4. The van der Waals surface area contributed by atoms with Crippen LogP contribution in [0.15, 0.2) is 41.2 Å². The number of carboxylic acids is 1. The maximum Gasteiger partial charge on any atom is 0.300 e. The number of nitrogens with two attached hydrogens (primary N) is 1. The van der Waals surface area contributed by atoms with E-state index in [-0.39, 0.29) is 12.4 Å². The Hall–Kier alpha value is -3.85. The van der Waals surface area contributed by atoms with E-state index < -0.39 is 5.97 Å². The molecule has 2 aromatic heterocycles. The van der Waals surface area contributed by atoms with Crippen LogP contribution in [-0.4, -0.2) is 38.9 Å². The molecular formula is C24H26N4O5. The first-order chi connectivity index (χ1) is 15.9. The summed E-state index contributed by atoms with van der Waals surface area (Å²) < 4.78 is 13.2. The zero-order chi connectivity index (χ0) is 23.5. The van der Waals surface area contributed by atoms with Crippen molar-refractivity contribution in [2.45, 2.75) is 33.2 Å². The number of benzene rings is 2. The van der Waals surface area contributed by atoms with Crippen LogP contribution >= 0.6 is 0 Å². The molecular weight excluding hydrogens is 424 g/mol. The summed E-state index contributed by atoms with van der Waals surface area (Å²) in [6.07, 6.45) is 1.66. The van der Waals surface area contributed by atoms with Crippen LogP contribution in [0.2, 0.25) is 0 Å². The summed E-state index contributed by atoms with van der Waals surface area (Å²) in [6, 6.07) is 11.7. The fourth-order valence-electron chi connectivity index (χ4n) is 4.14. The van der Waals surface area contributed by atoms with Gasteiger partial charge in [0.15, 0.2) is 11.5 Å². The minimum Gasteiger partial charge on any atom is -0.481 e. The van der Waals surface area contributed by atoms with Gasteiger partial charge < -0.3 is 29.9 Å². The van der Waals surface area contributed by atoms with Gasteiger partial charge in [-0.15, -0.1) is 0 Å². The lowest BCUT2D eigenvalue weighted by molar-refractivity contribution is -0.134. The Kier molecular flexibility index (Phi) is 6.32. The molecule has 0 aliphatic carbocycles. The standard InChI is InChI=1S/C22H22N4O3.C2H4O2/c1-2-16-20(13-6-3-4-7-17(13)26(16)9-5-8-23)21-22(27)25-15-11-19-18(28-12-29-19)10-14(15)24-21;1-2(3)4/h3-4,6-7,10-11H,2,5,8-9,12,23H2,1H3,(H,25,27);1H3,(H,3,4). The Morgan fingerprint density at radius 1 is 1.24 bits per heavy atom. The van der Waals surface area contributed by atoms with Crippen molar-refractivity contribution in [2.24, 2.45) is 5.73 Å². The number of rotatable bonds is 5.